The van der Waals surface area contributed by atoms with Crippen molar-refractivity contribution in [2.45, 2.75) is 38.6 Å². The van der Waals surface area contributed by atoms with Crippen LogP contribution in [0.25, 0.3) is 11.3 Å². The van der Waals surface area contributed by atoms with E-state index in [9.17, 15) is 4.79 Å². The first-order valence-electron chi connectivity index (χ1n) is 7.72. The van der Waals surface area contributed by atoms with E-state index in [1.165, 1.54) is 6.42 Å². The summed E-state index contributed by atoms with van der Waals surface area (Å²) in [7, 11) is 0. The molecule has 0 unspecified atom stereocenters. The van der Waals surface area contributed by atoms with Crippen LogP contribution < -0.4 is 0 Å². The van der Waals surface area contributed by atoms with Crippen LogP contribution in [0.4, 0.5) is 0 Å². The molecule has 0 saturated carbocycles. The number of carbonyl (C=O) groups is 1. The molecule has 1 aromatic carbocycles. The van der Waals surface area contributed by atoms with Crippen molar-refractivity contribution in [3.05, 3.63) is 40.5 Å². The molecule has 2 heterocycles. The highest BCUT2D eigenvalue weighted by atomic mass is 79.9. The predicted octanol–water partition coefficient (Wildman–Crippen LogP) is 4.51. The molecule has 1 saturated heterocycles. The summed E-state index contributed by atoms with van der Waals surface area (Å²) in [5.74, 6) is 0.611. The molecule has 4 nitrogen and oxygen atoms in total. The minimum absolute atomic E-state index is 0.0151. The zero-order chi connectivity index (χ0) is 15.5. The third-order valence-electron chi connectivity index (χ3n) is 4.22. The smallest absolute Gasteiger partial charge is 0.276 e. The molecule has 1 aliphatic heterocycles. The van der Waals surface area contributed by atoms with Gasteiger partial charge in [0, 0.05) is 28.7 Å². The number of halogens is 1. The number of piperidine rings is 1. The van der Waals surface area contributed by atoms with Crippen LogP contribution in [-0.2, 0) is 0 Å². The van der Waals surface area contributed by atoms with E-state index < -0.39 is 0 Å². The number of hydrogen-bond acceptors (Lipinski definition) is 3. The van der Waals surface area contributed by atoms with Gasteiger partial charge in [0.2, 0.25) is 0 Å². The van der Waals surface area contributed by atoms with Crippen molar-refractivity contribution in [1.82, 2.24) is 10.1 Å². The maximum atomic E-state index is 12.7. The number of aromatic nitrogens is 1. The minimum atomic E-state index is -0.0151. The van der Waals surface area contributed by atoms with Gasteiger partial charge in [-0.15, -0.1) is 0 Å². The van der Waals surface area contributed by atoms with Crippen molar-refractivity contribution in [1.29, 1.82) is 0 Å². The van der Waals surface area contributed by atoms with Crippen molar-refractivity contribution in [3.8, 4) is 11.3 Å². The Morgan fingerprint density at radius 1 is 1.36 bits per heavy atom. The van der Waals surface area contributed by atoms with Crippen LogP contribution in [0.2, 0.25) is 0 Å². The standard InChI is InChI=1S/C17H19BrN2O2/c1-2-14-5-3-4-10-20(14)17(21)15-11-16(22-19-15)12-6-8-13(18)9-7-12/h6-9,11,14H,2-5,10H2,1H3/t14-/m0/s1. The summed E-state index contributed by atoms with van der Waals surface area (Å²) >= 11 is 3.41. The molecule has 0 aliphatic carbocycles. The molecule has 1 fully saturated rings. The highest BCUT2D eigenvalue weighted by Crippen LogP contribution is 2.25. The molecule has 116 valence electrons. The number of nitrogens with zero attached hydrogens (tertiary/aromatic N) is 2. The van der Waals surface area contributed by atoms with E-state index in [-0.39, 0.29) is 5.91 Å². The number of likely N-dealkylation sites (tertiary alicyclic amines) is 1. The monoisotopic (exact) mass is 362 g/mol. The summed E-state index contributed by atoms with van der Waals surface area (Å²) < 4.78 is 6.36. The number of amides is 1. The predicted molar refractivity (Wildman–Crippen MR) is 88.6 cm³/mol. The van der Waals surface area contributed by atoms with E-state index in [1.54, 1.807) is 6.07 Å². The Labute approximate surface area is 138 Å². The second-order valence-corrected chi connectivity index (χ2v) is 6.56. The second kappa shape index (κ2) is 6.65. The lowest BCUT2D eigenvalue weighted by molar-refractivity contribution is 0.0597. The van der Waals surface area contributed by atoms with Crippen molar-refractivity contribution < 1.29 is 9.32 Å². The van der Waals surface area contributed by atoms with Crippen LogP contribution >= 0.6 is 15.9 Å². The number of benzene rings is 1. The zero-order valence-corrected chi connectivity index (χ0v) is 14.2. The zero-order valence-electron chi connectivity index (χ0n) is 12.6. The van der Waals surface area contributed by atoms with Crippen molar-refractivity contribution in [3.63, 3.8) is 0 Å². The van der Waals surface area contributed by atoms with Gasteiger partial charge in [0.1, 0.15) is 0 Å². The third-order valence-corrected chi connectivity index (χ3v) is 4.75. The maximum Gasteiger partial charge on any atom is 0.276 e. The summed E-state index contributed by atoms with van der Waals surface area (Å²) in [5, 5.41) is 3.98. The number of carbonyl (C=O) groups excluding carboxylic acids is 1. The quantitative estimate of drug-likeness (QED) is 0.806. The van der Waals surface area contributed by atoms with Gasteiger partial charge in [-0.05, 0) is 37.8 Å². The summed E-state index contributed by atoms with van der Waals surface area (Å²) in [6.45, 7) is 2.95. The van der Waals surface area contributed by atoms with E-state index in [1.807, 2.05) is 29.2 Å². The SMILES string of the molecule is CC[C@H]1CCCCN1C(=O)c1cc(-c2ccc(Br)cc2)on1. The van der Waals surface area contributed by atoms with Gasteiger partial charge in [-0.1, -0.05) is 40.1 Å². The van der Waals surface area contributed by atoms with Gasteiger partial charge in [0.05, 0.1) is 0 Å². The van der Waals surface area contributed by atoms with Gasteiger partial charge in [-0.2, -0.15) is 0 Å². The number of hydrogen-bond donors (Lipinski definition) is 0. The van der Waals surface area contributed by atoms with Crippen molar-refractivity contribution >= 4 is 21.8 Å². The minimum Gasteiger partial charge on any atom is -0.355 e. The Morgan fingerprint density at radius 2 is 2.14 bits per heavy atom. The molecule has 2 aromatic rings. The van der Waals surface area contributed by atoms with Gasteiger partial charge < -0.3 is 9.42 Å². The van der Waals surface area contributed by atoms with Crippen molar-refractivity contribution in [2.24, 2.45) is 0 Å². The topological polar surface area (TPSA) is 46.3 Å². The molecule has 3 rings (SSSR count). The van der Waals surface area contributed by atoms with Gasteiger partial charge in [-0.25, -0.2) is 0 Å². The summed E-state index contributed by atoms with van der Waals surface area (Å²) in [6.07, 6.45) is 4.34. The average Bonchev–Trinajstić information content (AvgIpc) is 3.05. The highest BCUT2D eigenvalue weighted by molar-refractivity contribution is 9.10. The Balaban J connectivity index is 1.80. The molecular formula is C17H19BrN2O2. The first-order chi connectivity index (χ1) is 10.7. The Kier molecular flexibility index (Phi) is 4.62. The van der Waals surface area contributed by atoms with Crippen molar-refractivity contribution in [2.75, 3.05) is 6.54 Å². The lowest BCUT2D eigenvalue weighted by Crippen LogP contribution is -2.43. The van der Waals surface area contributed by atoms with Crippen LogP contribution in [0, 0.1) is 0 Å². The van der Waals surface area contributed by atoms with Gasteiger partial charge in [0.15, 0.2) is 11.5 Å². The highest BCUT2D eigenvalue weighted by Gasteiger charge is 2.28. The van der Waals surface area contributed by atoms with E-state index >= 15 is 0 Å². The largest absolute Gasteiger partial charge is 0.355 e. The van der Waals surface area contributed by atoms with Crippen LogP contribution in [0.5, 0.6) is 0 Å². The first-order valence-corrected chi connectivity index (χ1v) is 8.52. The lowest BCUT2D eigenvalue weighted by Gasteiger charge is -2.34. The molecule has 0 spiro atoms. The van der Waals surface area contributed by atoms with E-state index in [4.69, 9.17) is 4.52 Å². The Hall–Kier alpha value is -1.62. The average molecular weight is 363 g/mol. The van der Waals surface area contributed by atoms with Gasteiger partial charge in [-0.3, -0.25) is 4.79 Å². The first kappa shape index (κ1) is 15.3. The lowest BCUT2D eigenvalue weighted by atomic mass is 9.99. The molecule has 22 heavy (non-hydrogen) atoms. The summed E-state index contributed by atoms with van der Waals surface area (Å²) in [5.41, 5.74) is 1.32. The van der Waals surface area contributed by atoms with Crippen LogP contribution in [-0.4, -0.2) is 28.6 Å². The van der Waals surface area contributed by atoms with E-state index in [0.29, 0.717) is 17.5 Å². The van der Waals surface area contributed by atoms with E-state index in [2.05, 4.69) is 28.0 Å². The molecule has 0 N–H and O–H groups in total. The molecule has 5 heteroatoms. The fourth-order valence-corrected chi connectivity index (χ4v) is 3.23. The summed E-state index contributed by atoms with van der Waals surface area (Å²) in [4.78, 5) is 14.6. The molecule has 1 aliphatic rings. The molecule has 0 radical (unpaired) electrons. The number of rotatable bonds is 3. The molecule has 0 bridgehead atoms. The van der Waals surface area contributed by atoms with Crippen LogP contribution in [0.15, 0.2) is 39.3 Å². The van der Waals surface area contributed by atoms with E-state index in [0.717, 1.165) is 35.8 Å². The fraction of sp³-hybridized carbons (Fsp3) is 0.412. The Bertz CT molecular complexity index is 651. The molecule has 1 aromatic heterocycles. The normalized spacial score (nSPS) is 18.5. The molecule has 1 amide bonds. The van der Waals surface area contributed by atoms with Crippen LogP contribution in [0.3, 0.4) is 0 Å². The molecule has 1 atom stereocenters. The van der Waals surface area contributed by atoms with Crippen LogP contribution in [0.1, 0.15) is 43.1 Å². The second-order valence-electron chi connectivity index (χ2n) is 5.64. The van der Waals surface area contributed by atoms with Gasteiger partial charge in [0.25, 0.3) is 5.91 Å². The fourth-order valence-electron chi connectivity index (χ4n) is 2.97. The maximum absolute atomic E-state index is 12.7. The molecular weight excluding hydrogens is 344 g/mol. The summed E-state index contributed by atoms with van der Waals surface area (Å²) in [6, 6.07) is 9.83. The Morgan fingerprint density at radius 3 is 2.86 bits per heavy atom. The van der Waals surface area contributed by atoms with Gasteiger partial charge >= 0.3 is 0 Å². The third kappa shape index (κ3) is 3.09.